The van der Waals surface area contributed by atoms with E-state index in [1.54, 1.807) is 11.3 Å². The molecule has 1 saturated heterocycles. The Morgan fingerprint density at radius 1 is 1.08 bits per heavy atom. The van der Waals surface area contributed by atoms with Crippen molar-refractivity contribution in [3.63, 3.8) is 0 Å². The molecule has 0 spiro atoms. The van der Waals surface area contributed by atoms with Crippen molar-refractivity contribution < 1.29 is 4.79 Å². The molecule has 1 aromatic heterocycles. The molecular weight excluding hydrogens is 332 g/mol. The van der Waals surface area contributed by atoms with Gasteiger partial charge in [0.2, 0.25) is 0 Å². The van der Waals surface area contributed by atoms with E-state index in [1.165, 1.54) is 29.0 Å². The van der Waals surface area contributed by atoms with Crippen molar-refractivity contribution >= 4 is 22.5 Å². The maximum Gasteiger partial charge on any atom is 0.323 e. The number of fused-ring (bicyclic) bond motifs is 1. The molecule has 1 aliphatic carbocycles. The van der Waals surface area contributed by atoms with Crippen molar-refractivity contribution in [2.24, 2.45) is 0 Å². The number of aromatic nitrogens is 1. The van der Waals surface area contributed by atoms with Gasteiger partial charge in [-0.15, -0.1) is 11.3 Å². The topological polar surface area (TPSA) is 48.5 Å². The predicted molar refractivity (Wildman–Crippen MR) is 101 cm³/mol. The molecule has 0 bridgehead atoms. The number of amides is 2. The summed E-state index contributed by atoms with van der Waals surface area (Å²) in [6.45, 7) is 4.32. The summed E-state index contributed by atoms with van der Waals surface area (Å²) in [5.74, 6) is 0. The number of thiazole rings is 1. The van der Waals surface area contributed by atoms with E-state index in [0.717, 1.165) is 50.7 Å². The molecule has 132 valence electrons. The number of anilines is 1. The van der Waals surface area contributed by atoms with Crippen LogP contribution in [-0.4, -0.2) is 47.0 Å². The van der Waals surface area contributed by atoms with Gasteiger partial charge in [0.1, 0.15) is 0 Å². The molecule has 1 fully saturated rings. The van der Waals surface area contributed by atoms with Gasteiger partial charge in [-0.2, -0.15) is 0 Å². The van der Waals surface area contributed by atoms with Crippen LogP contribution in [0.2, 0.25) is 0 Å². The van der Waals surface area contributed by atoms with Gasteiger partial charge in [0.25, 0.3) is 0 Å². The SMILES string of the molecule is O=C(Nc1nc2c(s1)CCCC2)N1CCN(Cc2ccccc2)CC1. The third kappa shape index (κ3) is 4.02. The second-order valence-electron chi connectivity index (χ2n) is 6.77. The van der Waals surface area contributed by atoms with E-state index >= 15 is 0 Å². The van der Waals surface area contributed by atoms with Crippen LogP contribution >= 0.6 is 11.3 Å². The first-order chi connectivity index (χ1) is 12.3. The van der Waals surface area contributed by atoms with Gasteiger partial charge in [0.05, 0.1) is 5.69 Å². The molecule has 2 amide bonds. The second kappa shape index (κ2) is 7.54. The Labute approximate surface area is 152 Å². The average molecular weight is 356 g/mol. The summed E-state index contributed by atoms with van der Waals surface area (Å²) in [6.07, 6.45) is 4.63. The normalized spacial score (nSPS) is 18.0. The van der Waals surface area contributed by atoms with Crippen molar-refractivity contribution in [1.29, 1.82) is 0 Å². The Morgan fingerprint density at radius 3 is 2.60 bits per heavy atom. The van der Waals surface area contributed by atoms with Crippen LogP contribution in [0.15, 0.2) is 30.3 Å². The van der Waals surface area contributed by atoms with Gasteiger partial charge in [-0.1, -0.05) is 30.3 Å². The van der Waals surface area contributed by atoms with Gasteiger partial charge in [0.15, 0.2) is 5.13 Å². The average Bonchev–Trinajstić information content (AvgIpc) is 3.05. The van der Waals surface area contributed by atoms with E-state index in [-0.39, 0.29) is 6.03 Å². The quantitative estimate of drug-likeness (QED) is 0.917. The molecule has 5 nitrogen and oxygen atoms in total. The van der Waals surface area contributed by atoms with Gasteiger partial charge >= 0.3 is 6.03 Å². The minimum absolute atomic E-state index is 0.00884. The number of aryl methyl sites for hydroxylation is 2. The Morgan fingerprint density at radius 2 is 1.84 bits per heavy atom. The molecule has 0 unspecified atom stereocenters. The molecule has 2 aromatic rings. The number of nitrogens with zero attached hydrogens (tertiary/aromatic N) is 3. The first-order valence-corrected chi connectivity index (χ1v) is 9.90. The number of carbonyl (C=O) groups excluding carboxylic acids is 1. The Balaban J connectivity index is 1.28. The smallest absolute Gasteiger partial charge is 0.322 e. The standard InChI is InChI=1S/C19H24N4OS/c24-19(21-18-20-16-8-4-5-9-17(16)25-18)23-12-10-22(11-13-23)14-15-6-2-1-3-7-15/h1-3,6-7H,4-5,8-14H2,(H,20,21,24). The van der Waals surface area contributed by atoms with Crippen molar-refractivity contribution in [2.45, 2.75) is 32.2 Å². The van der Waals surface area contributed by atoms with Gasteiger partial charge < -0.3 is 4.90 Å². The number of rotatable bonds is 3. The van der Waals surface area contributed by atoms with Crippen LogP contribution < -0.4 is 5.32 Å². The van der Waals surface area contributed by atoms with Gasteiger partial charge in [-0.3, -0.25) is 10.2 Å². The minimum atomic E-state index is -0.00884. The minimum Gasteiger partial charge on any atom is -0.322 e. The zero-order valence-electron chi connectivity index (χ0n) is 14.4. The summed E-state index contributed by atoms with van der Waals surface area (Å²) >= 11 is 1.65. The van der Waals surface area contributed by atoms with Gasteiger partial charge in [-0.25, -0.2) is 9.78 Å². The number of urea groups is 1. The first-order valence-electron chi connectivity index (χ1n) is 9.09. The van der Waals surface area contributed by atoms with Crippen molar-refractivity contribution in [1.82, 2.24) is 14.8 Å². The lowest BCUT2D eigenvalue weighted by Gasteiger charge is -2.34. The highest BCUT2D eigenvalue weighted by atomic mass is 32.1. The summed E-state index contributed by atoms with van der Waals surface area (Å²) in [4.78, 5) is 22.8. The van der Waals surface area contributed by atoms with Crippen molar-refractivity contribution in [3.05, 3.63) is 46.5 Å². The van der Waals surface area contributed by atoms with E-state index < -0.39 is 0 Å². The van der Waals surface area contributed by atoms with E-state index in [1.807, 2.05) is 11.0 Å². The van der Waals surface area contributed by atoms with Crippen molar-refractivity contribution in [2.75, 3.05) is 31.5 Å². The van der Waals surface area contributed by atoms with Gasteiger partial charge in [0, 0.05) is 37.6 Å². The third-order valence-corrected chi connectivity index (χ3v) is 6.04. The van der Waals surface area contributed by atoms with E-state index in [2.05, 4.69) is 39.5 Å². The van der Waals surface area contributed by atoms with Crippen LogP contribution in [0.5, 0.6) is 0 Å². The second-order valence-corrected chi connectivity index (χ2v) is 7.86. The molecule has 1 N–H and O–H groups in total. The zero-order chi connectivity index (χ0) is 17.1. The molecular formula is C19H24N4OS. The molecule has 2 heterocycles. The maximum absolute atomic E-state index is 12.5. The molecule has 1 aromatic carbocycles. The summed E-state index contributed by atoms with van der Waals surface area (Å²) in [5.41, 5.74) is 2.52. The van der Waals surface area contributed by atoms with Crippen LogP contribution in [0.1, 0.15) is 29.0 Å². The molecule has 1 aliphatic heterocycles. The fraction of sp³-hybridized carbons (Fsp3) is 0.474. The fourth-order valence-electron chi connectivity index (χ4n) is 3.53. The number of nitrogens with one attached hydrogen (secondary N) is 1. The summed E-state index contributed by atoms with van der Waals surface area (Å²) in [5, 5.41) is 3.78. The van der Waals surface area contributed by atoms with Crippen LogP contribution in [0, 0.1) is 0 Å². The lowest BCUT2D eigenvalue weighted by molar-refractivity contribution is 0.143. The highest BCUT2D eigenvalue weighted by Gasteiger charge is 2.23. The lowest BCUT2D eigenvalue weighted by Crippen LogP contribution is -2.49. The van der Waals surface area contributed by atoms with Crippen molar-refractivity contribution in [3.8, 4) is 0 Å². The van der Waals surface area contributed by atoms with E-state index in [4.69, 9.17) is 0 Å². The number of benzene rings is 1. The number of hydrogen-bond donors (Lipinski definition) is 1. The Hall–Kier alpha value is -1.92. The largest absolute Gasteiger partial charge is 0.323 e. The highest BCUT2D eigenvalue weighted by molar-refractivity contribution is 7.15. The lowest BCUT2D eigenvalue weighted by atomic mass is 10.0. The van der Waals surface area contributed by atoms with Crippen LogP contribution in [-0.2, 0) is 19.4 Å². The third-order valence-electron chi connectivity index (χ3n) is 4.97. The fourth-order valence-corrected chi connectivity index (χ4v) is 4.57. The van der Waals surface area contributed by atoms with Crippen LogP contribution in [0.25, 0.3) is 0 Å². The monoisotopic (exact) mass is 356 g/mol. The number of hydrogen-bond acceptors (Lipinski definition) is 4. The van der Waals surface area contributed by atoms with Crippen LogP contribution in [0.4, 0.5) is 9.93 Å². The van der Waals surface area contributed by atoms with E-state index in [9.17, 15) is 4.79 Å². The molecule has 0 saturated carbocycles. The number of carbonyl (C=O) groups is 1. The summed E-state index contributed by atoms with van der Waals surface area (Å²) < 4.78 is 0. The zero-order valence-corrected chi connectivity index (χ0v) is 15.2. The van der Waals surface area contributed by atoms with Gasteiger partial charge in [-0.05, 0) is 31.2 Å². The molecule has 0 radical (unpaired) electrons. The summed E-state index contributed by atoms with van der Waals surface area (Å²) in [6, 6.07) is 10.5. The number of piperazine rings is 1. The molecule has 4 rings (SSSR count). The van der Waals surface area contributed by atoms with Crippen LogP contribution in [0.3, 0.4) is 0 Å². The maximum atomic E-state index is 12.5. The highest BCUT2D eigenvalue weighted by Crippen LogP contribution is 2.29. The summed E-state index contributed by atoms with van der Waals surface area (Å²) in [7, 11) is 0. The van der Waals surface area contributed by atoms with E-state index in [0.29, 0.717) is 0 Å². The molecule has 2 aliphatic rings. The Kier molecular flexibility index (Phi) is 4.99. The molecule has 6 heteroatoms. The predicted octanol–water partition coefficient (Wildman–Crippen LogP) is 3.37. The molecule has 25 heavy (non-hydrogen) atoms. The first kappa shape index (κ1) is 16.5. The molecule has 0 atom stereocenters. The Bertz CT molecular complexity index is 699.